The second-order valence-electron chi connectivity index (χ2n) is 5.55. The van der Waals surface area contributed by atoms with Gasteiger partial charge in [-0.2, -0.15) is 5.90 Å². The molecular formula is C18H32N2O6. The van der Waals surface area contributed by atoms with Gasteiger partial charge in [0.15, 0.2) is 11.6 Å². The fourth-order valence-electron chi connectivity index (χ4n) is 1.24. The van der Waals surface area contributed by atoms with Gasteiger partial charge in [-0.05, 0) is 59.2 Å². The van der Waals surface area contributed by atoms with Crippen LogP contribution in [0.15, 0.2) is 12.2 Å². The van der Waals surface area contributed by atoms with E-state index in [2.05, 4.69) is 10.7 Å². The number of carbonyl (C=O) groups excluding carboxylic acids is 5. The lowest BCUT2D eigenvalue weighted by molar-refractivity contribution is -0.144. The van der Waals surface area contributed by atoms with Crippen molar-refractivity contribution in [1.29, 1.82) is 0 Å². The third-order valence-corrected chi connectivity index (χ3v) is 2.60. The first-order valence-electron chi connectivity index (χ1n) is 8.34. The van der Waals surface area contributed by atoms with Crippen LogP contribution in [0.3, 0.4) is 0 Å². The molecule has 0 aliphatic carbocycles. The maximum Gasteiger partial charge on any atom is 0.324 e. The highest BCUT2D eigenvalue weighted by Crippen LogP contribution is 1.98. The molecule has 4 N–H and O–H groups in total. The molecule has 0 bridgehead atoms. The predicted octanol–water partition coefficient (Wildman–Crippen LogP) is 1.59. The Hall–Kier alpha value is -2.19. The van der Waals surface area contributed by atoms with Gasteiger partial charge in [-0.1, -0.05) is 6.42 Å². The van der Waals surface area contributed by atoms with Crippen molar-refractivity contribution >= 4 is 29.1 Å². The Labute approximate surface area is 155 Å². The quantitative estimate of drug-likeness (QED) is 0.334. The van der Waals surface area contributed by atoms with Crippen LogP contribution in [0.25, 0.3) is 0 Å². The molecule has 150 valence electrons. The van der Waals surface area contributed by atoms with Crippen LogP contribution in [0.5, 0.6) is 0 Å². The van der Waals surface area contributed by atoms with E-state index in [-0.39, 0.29) is 29.1 Å². The summed E-state index contributed by atoms with van der Waals surface area (Å²) >= 11 is 0. The number of Topliss-reactive ketones (excluding diaryl/α,β-unsaturated/α-hetero) is 2. The smallest absolute Gasteiger partial charge is 0.324 e. The molecule has 0 heterocycles. The van der Waals surface area contributed by atoms with E-state index in [1.165, 1.54) is 39.8 Å². The Morgan fingerprint density at radius 3 is 1.42 bits per heavy atom. The van der Waals surface area contributed by atoms with Gasteiger partial charge in [-0.3, -0.25) is 14.4 Å². The molecule has 8 nitrogen and oxygen atoms in total. The third kappa shape index (κ3) is 37.8. The predicted molar refractivity (Wildman–Crippen MR) is 98.9 cm³/mol. The van der Waals surface area contributed by atoms with E-state index >= 15 is 0 Å². The van der Waals surface area contributed by atoms with E-state index in [1.54, 1.807) is 0 Å². The van der Waals surface area contributed by atoms with E-state index in [0.29, 0.717) is 25.8 Å². The number of hydrogen-bond donors (Lipinski definition) is 2. The summed E-state index contributed by atoms with van der Waals surface area (Å²) in [5.74, 6) is 4.24. The van der Waals surface area contributed by atoms with Crippen LogP contribution in [0.2, 0.25) is 0 Å². The van der Waals surface area contributed by atoms with Gasteiger partial charge in [0.1, 0.15) is 11.6 Å². The van der Waals surface area contributed by atoms with Crippen molar-refractivity contribution in [3.05, 3.63) is 12.2 Å². The molecule has 0 amide bonds. The van der Waals surface area contributed by atoms with Crippen LogP contribution in [0, 0.1) is 0 Å². The number of unbranched alkanes of at least 4 members (excludes halogenated alkanes) is 2. The SMILES string of the molecule is CC(=O)/C=C\C(C)=O.CC(=O)CCC(C)=O.NCCCCCC(=O)ON. The largest absolute Gasteiger partial charge is 0.373 e. The highest BCUT2D eigenvalue weighted by Gasteiger charge is 1.98. The van der Waals surface area contributed by atoms with Crippen molar-refractivity contribution in [1.82, 2.24) is 0 Å². The lowest BCUT2D eigenvalue weighted by Crippen LogP contribution is -2.09. The van der Waals surface area contributed by atoms with E-state index in [0.717, 1.165) is 19.3 Å². The van der Waals surface area contributed by atoms with Gasteiger partial charge in [0.25, 0.3) is 0 Å². The summed E-state index contributed by atoms with van der Waals surface area (Å²) in [5, 5.41) is 0. The van der Waals surface area contributed by atoms with Gasteiger partial charge >= 0.3 is 5.97 Å². The lowest BCUT2D eigenvalue weighted by Gasteiger charge is -1.96. The maximum atomic E-state index is 10.4. The van der Waals surface area contributed by atoms with Gasteiger partial charge in [0, 0.05) is 19.3 Å². The summed E-state index contributed by atoms with van der Waals surface area (Å²) in [6.07, 6.45) is 6.43. The fourth-order valence-corrected chi connectivity index (χ4v) is 1.24. The molecule has 0 aliphatic rings. The van der Waals surface area contributed by atoms with Crippen LogP contribution in [0.4, 0.5) is 0 Å². The molecule has 0 aromatic heterocycles. The summed E-state index contributed by atoms with van der Waals surface area (Å²) in [6.45, 7) is 6.46. The normalized spacial score (nSPS) is 9.31. The van der Waals surface area contributed by atoms with Gasteiger partial charge in [-0.15, -0.1) is 0 Å². The molecule has 0 aromatic carbocycles. The molecule has 0 aromatic rings. The van der Waals surface area contributed by atoms with E-state index in [9.17, 15) is 24.0 Å². The zero-order valence-corrected chi connectivity index (χ0v) is 16.2. The molecule has 0 saturated heterocycles. The lowest BCUT2D eigenvalue weighted by atomic mass is 10.2. The maximum absolute atomic E-state index is 10.4. The molecule has 0 atom stereocenters. The average molecular weight is 372 g/mol. The molecule has 8 heteroatoms. The number of ketones is 4. The van der Waals surface area contributed by atoms with Gasteiger partial charge in [0.05, 0.1) is 0 Å². The van der Waals surface area contributed by atoms with Crippen molar-refractivity contribution in [2.45, 2.75) is 66.2 Å². The van der Waals surface area contributed by atoms with Crippen LogP contribution in [0.1, 0.15) is 66.2 Å². The Bertz CT molecular complexity index is 442. The number of carbonyl (C=O) groups is 5. The number of allylic oxidation sites excluding steroid dienone is 2. The molecule has 0 fully saturated rings. The van der Waals surface area contributed by atoms with Crippen LogP contribution < -0.4 is 11.6 Å². The summed E-state index contributed by atoms with van der Waals surface area (Å²) in [4.78, 5) is 55.0. The first-order chi connectivity index (χ1) is 12.1. The highest BCUT2D eigenvalue weighted by atomic mass is 16.7. The van der Waals surface area contributed by atoms with Gasteiger partial charge in [0.2, 0.25) is 0 Å². The first-order valence-corrected chi connectivity index (χ1v) is 8.34. The van der Waals surface area contributed by atoms with Crippen molar-refractivity contribution in [2.24, 2.45) is 11.6 Å². The van der Waals surface area contributed by atoms with E-state index in [1.807, 2.05) is 0 Å². The zero-order valence-electron chi connectivity index (χ0n) is 16.2. The van der Waals surface area contributed by atoms with Crippen LogP contribution in [-0.4, -0.2) is 35.6 Å². The molecule has 0 rings (SSSR count). The van der Waals surface area contributed by atoms with Crippen LogP contribution >= 0.6 is 0 Å². The Balaban J connectivity index is -0.000000308. The fraction of sp³-hybridized carbons (Fsp3) is 0.611. The number of hydrogen-bond acceptors (Lipinski definition) is 8. The van der Waals surface area contributed by atoms with Crippen molar-refractivity contribution in [2.75, 3.05) is 6.54 Å². The summed E-state index contributed by atoms with van der Waals surface area (Å²) in [6, 6.07) is 0. The first kappa shape index (κ1) is 28.6. The second-order valence-corrected chi connectivity index (χ2v) is 5.55. The number of nitrogens with two attached hydrogens (primary N) is 2. The molecule has 0 unspecified atom stereocenters. The minimum atomic E-state index is -0.350. The molecule has 26 heavy (non-hydrogen) atoms. The minimum Gasteiger partial charge on any atom is -0.373 e. The summed E-state index contributed by atoms with van der Waals surface area (Å²) in [5.41, 5.74) is 5.24. The van der Waals surface area contributed by atoms with Crippen LogP contribution in [-0.2, 0) is 28.8 Å². The molecule has 0 spiro atoms. The van der Waals surface area contributed by atoms with Gasteiger partial charge < -0.3 is 20.2 Å². The Morgan fingerprint density at radius 2 is 1.15 bits per heavy atom. The summed E-state index contributed by atoms with van der Waals surface area (Å²) in [7, 11) is 0. The highest BCUT2D eigenvalue weighted by molar-refractivity contribution is 5.96. The average Bonchev–Trinajstić information content (AvgIpc) is 2.56. The standard InChI is InChI=1S/C6H14N2O2.C6H10O2.C6H8O2/c7-5-3-1-2-4-6(9)10-8;2*1-5(7)3-4-6(2)8/h1-5,7-8H2;3-4H2,1-2H3;3-4H,1-2H3/b;;4-3-. The topological polar surface area (TPSA) is 147 Å². The third-order valence-electron chi connectivity index (χ3n) is 2.60. The second kappa shape index (κ2) is 20.9. The zero-order chi connectivity index (χ0) is 21.0. The monoisotopic (exact) mass is 372 g/mol. The van der Waals surface area contributed by atoms with E-state index in [4.69, 9.17) is 5.73 Å². The Morgan fingerprint density at radius 1 is 0.731 bits per heavy atom. The number of rotatable bonds is 10. The molecule has 0 saturated carbocycles. The minimum absolute atomic E-state index is 0.0835. The Kier molecular flexibility index (Phi) is 22.9. The van der Waals surface area contributed by atoms with Crippen molar-refractivity contribution in [3.8, 4) is 0 Å². The molecular weight excluding hydrogens is 340 g/mol. The summed E-state index contributed by atoms with van der Waals surface area (Å²) < 4.78 is 0. The van der Waals surface area contributed by atoms with E-state index < -0.39 is 0 Å². The van der Waals surface area contributed by atoms with Gasteiger partial charge in [-0.25, -0.2) is 0 Å². The molecule has 0 radical (unpaired) electrons. The van der Waals surface area contributed by atoms with Crippen molar-refractivity contribution in [3.63, 3.8) is 0 Å². The van der Waals surface area contributed by atoms with Crippen molar-refractivity contribution < 1.29 is 28.8 Å². The molecule has 0 aliphatic heterocycles.